The Labute approximate surface area is 114 Å². The summed E-state index contributed by atoms with van der Waals surface area (Å²) >= 11 is 1.70. The zero-order chi connectivity index (χ0) is 13.0. The first-order valence-corrected chi connectivity index (χ1v) is 7.70. The van der Waals surface area contributed by atoms with Crippen LogP contribution in [0.5, 0.6) is 0 Å². The van der Waals surface area contributed by atoms with E-state index in [0.717, 1.165) is 29.0 Å². The number of aromatic nitrogens is 2. The second kappa shape index (κ2) is 6.48. The van der Waals surface area contributed by atoms with Crippen molar-refractivity contribution in [3.8, 4) is 0 Å². The van der Waals surface area contributed by atoms with Crippen molar-refractivity contribution in [2.75, 3.05) is 32.0 Å². The van der Waals surface area contributed by atoms with Crippen LogP contribution in [-0.2, 0) is 6.42 Å². The number of nitrogens with one attached hydrogen (secondary N) is 1. The van der Waals surface area contributed by atoms with E-state index in [1.165, 1.54) is 25.9 Å². The third-order valence-electron chi connectivity index (χ3n) is 3.31. The number of nitrogens with zero attached hydrogens (tertiary/aromatic N) is 3. The average Bonchev–Trinajstić information content (AvgIpc) is 2.73. The summed E-state index contributed by atoms with van der Waals surface area (Å²) < 4.78 is 0. The van der Waals surface area contributed by atoms with E-state index in [-0.39, 0.29) is 0 Å². The van der Waals surface area contributed by atoms with Gasteiger partial charge < -0.3 is 10.2 Å². The maximum atomic E-state index is 4.23. The molecule has 1 unspecified atom stereocenters. The molecule has 5 heteroatoms. The lowest BCUT2D eigenvalue weighted by molar-refractivity contribution is 0.217. The first-order valence-electron chi connectivity index (χ1n) is 6.88. The summed E-state index contributed by atoms with van der Waals surface area (Å²) in [6.07, 6.45) is 3.68. The van der Waals surface area contributed by atoms with Gasteiger partial charge in [0.1, 0.15) is 5.01 Å². The molecule has 1 aromatic rings. The van der Waals surface area contributed by atoms with E-state index in [1.54, 1.807) is 11.3 Å². The minimum Gasteiger partial charge on any atom is -0.360 e. The Bertz CT molecular complexity index is 364. The van der Waals surface area contributed by atoms with Crippen molar-refractivity contribution in [3.63, 3.8) is 0 Å². The molecule has 1 N–H and O–H groups in total. The molecule has 2 heterocycles. The van der Waals surface area contributed by atoms with Gasteiger partial charge in [0.25, 0.3) is 0 Å². The molecular weight excluding hydrogens is 244 g/mol. The highest BCUT2D eigenvalue weighted by atomic mass is 32.1. The fraction of sp³-hybridized carbons (Fsp3) is 0.846. The number of hydrogen-bond acceptors (Lipinski definition) is 5. The van der Waals surface area contributed by atoms with Crippen LogP contribution in [0.2, 0.25) is 0 Å². The van der Waals surface area contributed by atoms with E-state index in [4.69, 9.17) is 0 Å². The second-order valence-electron chi connectivity index (χ2n) is 5.75. The van der Waals surface area contributed by atoms with Crippen LogP contribution >= 0.6 is 11.3 Å². The minimum absolute atomic E-state index is 0.651. The highest BCUT2D eigenvalue weighted by molar-refractivity contribution is 7.15. The normalized spacial score (nSPS) is 21.4. The van der Waals surface area contributed by atoms with Gasteiger partial charge in [-0.1, -0.05) is 25.2 Å². The van der Waals surface area contributed by atoms with Gasteiger partial charge in [-0.05, 0) is 38.3 Å². The van der Waals surface area contributed by atoms with Crippen LogP contribution in [0.25, 0.3) is 0 Å². The predicted octanol–water partition coefficient (Wildman–Crippen LogP) is 2.49. The Balaban J connectivity index is 1.77. The van der Waals surface area contributed by atoms with Crippen LogP contribution < -0.4 is 5.32 Å². The van der Waals surface area contributed by atoms with E-state index in [9.17, 15) is 0 Å². The fourth-order valence-electron chi connectivity index (χ4n) is 2.43. The Hall–Kier alpha value is -0.680. The third-order valence-corrected chi connectivity index (χ3v) is 4.22. The molecule has 102 valence electrons. The largest absolute Gasteiger partial charge is 0.360 e. The lowest BCUT2D eigenvalue weighted by atomic mass is 9.99. The molecule has 1 aliphatic rings. The molecule has 18 heavy (non-hydrogen) atoms. The van der Waals surface area contributed by atoms with Gasteiger partial charge in [0.2, 0.25) is 5.13 Å². The van der Waals surface area contributed by atoms with Crippen LogP contribution in [0.15, 0.2) is 0 Å². The molecule has 0 aromatic carbocycles. The fourth-order valence-corrected chi connectivity index (χ4v) is 3.39. The monoisotopic (exact) mass is 268 g/mol. The summed E-state index contributed by atoms with van der Waals surface area (Å²) in [5, 5.41) is 14.0. The first-order chi connectivity index (χ1) is 8.63. The van der Waals surface area contributed by atoms with Crippen LogP contribution in [0, 0.1) is 11.8 Å². The summed E-state index contributed by atoms with van der Waals surface area (Å²) in [4.78, 5) is 2.42. The van der Waals surface area contributed by atoms with Gasteiger partial charge in [0.05, 0.1) is 0 Å². The van der Waals surface area contributed by atoms with E-state index < -0.39 is 0 Å². The van der Waals surface area contributed by atoms with E-state index in [0.29, 0.717) is 5.92 Å². The smallest absolute Gasteiger partial charge is 0.205 e. The summed E-state index contributed by atoms with van der Waals surface area (Å²) in [6.45, 7) is 7.90. The van der Waals surface area contributed by atoms with E-state index in [2.05, 4.69) is 41.3 Å². The van der Waals surface area contributed by atoms with Crippen molar-refractivity contribution in [1.82, 2.24) is 15.1 Å². The lowest BCUT2D eigenvalue weighted by Crippen LogP contribution is -2.35. The van der Waals surface area contributed by atoms with Crippen LogP contribution in [-0.4, -0.2) is 41.8 Å². The highest BCUT2D eigenvalue weighted by Gasteiger charge is 2.17. The predicted molar refractivity (Wildman–Crippen MR) is 77.2 cm³/mol. The molecular formula is C13H24N4S. The Morgan fingerprint density at radius 3 is 3.00 bits per heavy atom. The SMILES string of the molecule is CC(C)Cc1nnc(NCC2CCCN(C)C2)s1. The Morgan fingerprint density at radius 1 is 1.44 bits per heavy atom. The van der Waals surface area contributed by atoms with Crippen LogP contribution in [0.1, 0.15) is 31.7 Å². The van der Waals surface area contributed by atoms with Crippen molar-refractivity contribution in [3.05, 3.63) is 5.01 Å². The maximum Gasteiger partial charge on any atom is 0.205 e. The number of piperidine rings is 1. The third kappa shape index (κ3) is 4.21. The van der Waals surface area contributed by atoms with Gasteiger partial charge in [0.15, 0.2) is 0 Å². The highest BCUT2D eigenvalue weighted by Crippen LogP contribution is 2.20. The van der Waals surface area contributed by atoms with Gasteiger partial charge in [-0.15, -0.1) is 10.2 Å². The molecule has 0 bridgehead atoms. The van der Waals surface area contributed by atoms with E-state index in [1.807, 2.05) is 0 Å². The van der Waals surface area contributed by atoms with Crippen molar-refractivity contribution >= 4 is 16.5 Å². The van der Waals surface area contributed by atoms with Gasteiger partial charge in [-0.2, -0.15) is 0 Å². The maximum absolute atomic E-state index is 4.23. The van der Waals surface area contributed by atoms with Gasteiger partial charge >= 0.3 is 0 Å². The molecule has 1 aliphatic heterocycles. The number of likely N-dealkylation sites (tertiary alicyclic amines) is 1. The van der Waals surface area contributed by atoms with Gasteiger partial charge in [-0.25, -0.2) is 0 Å². The Kier molecular flexibility index (Phi) is 4.95. The van der Waals surface area contributed by atoms with Gasteiger partial charge in [0, 0.05) is 19.5 Å². The Morgan fingerprint density at radius 2 is 2.28 bits per heavy atom. The first kappa shape index (κ1) is 13.7. The van der Waals surface area contributed by atoms with Crippen molar-refractivity contribution in [1.29, 1.82) is 0 Å². The molecule has 1 aromatic heterocycles. The molecule has 1 atom stereocenters. The zero-order valence-electron chi connectivity index (χ0n) is 11.6. The summed E-state index contributed by atoms with van der Waals surface area (Å²) in [6, 6.07) is 0. The van der Waals surface area contributed by atoms with Crippen LogP contribution in [0.3, 0.4) is 0 Å². The van der Waals surface area contributed by atoms with Crippen molar-refractivity contribution < 1.29 is 0 Å². The molecule has 0 spiro atoms. The molecule has 0 radical (unpaired) electrons. The van der Waals surface area contributed by atoms with Crippen LogP contribution in [0.4, 0.5) is 5.13 Å². The molecule has 1 saturated heterocycles. The average molecular weight is 268 g/mol. The summed E-state index contributed by atoms with van der Waals surface area (Å²) in [7, 11) is 2.21. The molecule has 1 fully saturated rings. The second-order valence-corrected chi connectivity index (χ2v) is 6.81. The molecule has 0 amide bonds. The number of anilines is 1. The molecule has 0 aliphatic carbocycles. The van der Waals surface area contributed by atoms with Crippen molar-refractivity contribution in [2.24, 2.45) is 11.8 Å². The summed E-state index contributed by atoms with van der Waals surface area (Å²) in [5.74, 6) is 1.40. The zero-order valence-corrected chi connectivity index (χ0v) is 12.5. The lowest BCUT2D eigenvalue weighted by Gasteiger charge is -2.29. The topological polar surface area (TPSA) is 41.1 Å². The number of hydrogen-bond donors (Lipinski definition) is 1. The minimum atomic E-state index is 0.651. The quantitative estimate of drug-likeness (QED) is 0.891. The van der Waals surface area contributed by atoms with E-state index >= 15 is 0 Å². The molecule has 0 saturated carbocycles. The van der Waals surface area contributed by atoms with Crippen molar-refractivity contribution in [2.45, 2.75) is 33.1 Å². The standard InChI is InChI=1S/C13H24N4S/c1-10(2)7-12-15-16-13(18-12)14-8-11-5-4-6-17(3)9-11/h10-11H,4-9H2,1-3H3,(H,14,16). The molecule has 4 nitrogen and oxygen atoms in total. The van der Waals surface area contributed by atoms with Gasteiger partial charge in [-0.3, -0.25) is 0 Å². The number of rotatable bonds is 5. The summed E-state index contributed by atoms with van der Waals surface area (Å²) in [5.41, 5.74) is 0. The molecule has 2 rings (SSSR count).